The highest BCUT2D eigenvalue weighted by molar-refractivity contribution is 7.98. The predicted octanol–water partition coefficient (Wildman–Crippen LogP) is 6.91. The van der Waals surface area contributed by atoms with E-state index in [1.54, 1.807) is 12.4 Å². The smallest absolute Gasteiger partial charge is 0.271 e. The molecule has 0 radical (unpaired) electrons. The van der Waals surface area contributed by atoms with Gasteiger partial charge in [0.1, 0.15) is 10.7 Å². The molecule has 9 heteroatoms. The summed E-state index contributed by atoms with van der Waals surface area (Å²) < 4.78 is 2.03. The Morgan fingerprint density at radius 1 is 0.902 bits per heavy atom. The van der Waals surface area contributed by atoms with E-state index >= 15 is 0 Å². The molecule has 1 N–H and O–H groups in total. The van der Waals surface area contributed by atoms with Gasteiger partial charge in [0.05, 0.1) is 11.8 Å². The molecule has 7 nitrogen and oxygen atoms in total. The summed E-state index contributed by atoms with van der Waals surface area (Å²) in [7, 11) is 0. The van der Waals surface area contributed by atoms with Crippen LogP contribution >= 0.6 is 23.1 Å². The fourth-order valence-corrected chi connectivity index (χ4v) is 6.18. The molecule has 6 rings (SSSR count). The largest absolute Gasteiger partial charge is 0.340 e. The summed E-state index contributed by atoms with van der Waals surface area (Å²) in [4.78, 5) is 22.2. The summed E-state index contributed by atoms with van der Waals surface area (Å²) in [5, 5.41) is 15.5. The molecule has 0 atom stereocenters. The van der Waals surface area contributed by atoms with E-state index in [2.05, 4.69) is 56.7 Å². The van der Waals surface area contributed by atoms with Crippen molar-refractivity contribution in [2.75, 3.05) is 0 Å². The fraction of sp³-hybridized carbons (Fsp3) is 0.0938. The minimum Gasteiger partial charge on any atom is -0.340 e. The maximum Gasteiger partial charge on any atom is 0.271 e. The summed E-state index contributed by atoms with van der Waals surface area (Å²) in [5.74, 6) is 1.06. The summed E-state index contributed by atoms with van der Waals surface area (Å²) in [5.41, 5.74) is 5.45. The Morgan fingerprint density at radius 2 is 1.61 bits per heavy atom. The Kier molecular flexibility index (Phi) is 7.97. The Morgan fingerprint density at radius 3 is 2.27 bits per heavy atom. The number of aryl methyl sites for hydroxylation is 1. The van der Waals surface area contributed by atoms with Gasteiger partial charge in [-0.1, -0.05) is 90.1 Å². The van der Waals surface area contributed by atoms with Crippen LogP contribution in [-0.2, 0) is 5.75 Å². The van der Waals surface area contributed by atoms with Crippen molar-refractivity contribution < 1.29 is 4.79 Å². The number of thioether (sulfide) groups is 1. The lowest BCUT2D eigenvalue weighted by molar-refractivity contribution is 0.0938. The number of aromatic nitrogens is 5. The number of hydrogen-bond donors (Lipinski definition) is 1. The summed E-state index contributed by atoms with van der Waals surface area (Å²) in [6, 6.07) is 31.8. The van der Waals surface area contributed by atoms with E-state index in [-0.39, 0.29) is 11.9 Å². The Hall–Kier alpha value is -4.60. The average molecular weight is 575 g/mol. The molecule has 3 aromatic heterocycles. The number of nitrogens with zero attached hydrogens (tertiary/aromatic N) is 5. The fourth-order valence-electron chi connectivity index (χ4n) is 4.43. The highest BCUT2D eigenvalue weighted by Crippen LogP contribution is 2.30. The van der Waals surface area contributed by atoms with Gasteiger partial charge in [0, 0.05) is 29.0 Å². The van der Waals surface area contributed by atoms with E-state index in [1.165, 1.54) is 28.7 Å². The zero-order chi connectivity index (χ0) is 28.0. The topological polar surface area (TPSA) is 85.6 Å². The maximum absolute atomic E-state index is 13.3. The molecule has 0 bridgehead atoms. The van der Waals surface area contributed by atoms with Crippen LogP contribution in [0.15, 0.2) is 120 Å². The van der Waals surface area contributed by atoms with Gasteiger partial charge in [-0.2, -0.15) is 0 Å². The number of hydrogen-bond acceptors (Lipinski definition) is 7. The third-order valence-corrected chi connectivity index (χ3v) is 8.47. The lowest BCUT2D eigenvalue weighted by Gasteiger charge is -2.19. The van der Waals surface area contributed by atoms with E-state index in [0.717, 1.165) is 38.4 Å². The molecular formula is C32H26N6OS2. The number of pyridine rings is 1. The molecule has 0 saturated heterocycles. The monoisotopic (exact) mass is 574 g/mol. The summed E-state index contributed by atoms with van der Waals surface area (Å²) >= 11 is 2.99. The molecule has 202 valence electrons. The zero-order valence-corrected chi connectivity index (χ0v) is 23.8. The van der Waals surface area contributed by atoms with Crippen LogP contribution in [0, 0.1) is 6.92 Å². The van der Waals surface area contributed by atoms with Crippen LogP contribution in [0.1, 0.15) is 38.2 Å². The molecule has 0 aliphatic rings. The molecule has 3 heterocycles. The second-order valence-corrected chi connectivity index (χ2v) is 11.2. The first-order valence-corrected chi connectivity index (χ1v) is 14.9. The van der Waals surface area contributed by atoms with Crippen molar-refractivity contribution in [3.05, 3.63) is 142 Å². The number of carbonyl (C=O) groups excluding carboxylic acids is 1. The molecule has 0 aliphatic heterocycles. The van der Waals surface area contributed by atoms with Crippen molar-refractivity contribution in [3.63, 3.8) is 0 Å². The van der Waals surface area contributed by atoms with Gasteiger partial charge in [-0.25, -0.2) is 4.98 Å². The van der Waals surface area contributed by atoms with Gasteiger partial charge >= 0.3 is 0 Å². The molecule has 1 amide bonds. The van der Waals surface area contributed by atoms with Crippen LogP contribution in [0.25, 0.3) is 17.1 Å². The average Bonchev–Trinajstić information content (AvgIpc) is 3.68. The first-order valence-electron chi connectivity index (χ1n) is 13.1. The van der Waals surface area contributed by atoms with Crippen molar-refractivity contribution in [1.29, 1.82) is 0 Å². The van der Waals surface area contributed by atoms with Crippen LogP contribution in [-0.4, -0.2) is 30.6 Å². The van der Waals surface area contributed by atoms with Crippen molar-refractivity contribution in [1.82, 2.24) is 30.0 Å². The number of amides is 1. The standard InChI is InChI=1S/C32H26N6OS2/c1-22-14-16-26(17-15-22)38-30(25-13-8-18-33-19-25)36-37-32(38)41-21-28-34-27(20-40-28)31(39)35-29(23-9-4-2-5-10-23)24-11-6-3-7-12-24/h2-20,29H,21H2,1H3,(H,35,39). The Bertz CT molecular complexity index is 1700. The van der Waals surface area contributed by atoms with E-state index in [9.17, 15) is 4.79 Å². The van der Waals surface area contributed by atoms with Gasteiger partial charge in [-0.3, -0.25) is 14.3 Å². The molecule has 6 aromatic rings. The summed E-state index contributed by atoms with van der Waals surface area (Å²) in [6.45, 7) is 2.06. The van der Waals surface area contributed by atoms with E-state index in [0.29, 0.717) is 11.4 Å². The number of benzene rings is 3. The molecule has 0 aliphatic carbocycles. The number of rotatable bonds is 9. The van der Waals surface area contributed by atoms with Crippen LogP contribution in [0.2, 0.25) is 0 Å². The van der Waals surface area contributed by atoms with Crippen molar-refractivity contribution in [3.8, 4) is 17.1 Å². The van der Waals surface area contributed by atoms with E-state index in [1.807, 2.05) is 82.7 Å². The first kappa shape index (κ1) is 26.6. The van der Waals surface area contributed by atoms with Gasteiger partial charge in [0.2, 0.25) is 0 Å². The second-order valence-electron chi connectivity index (χ2n) is 9.36. The molecule has 0 fully saturated rings. The molecule has 0 saturated carbocycles. The SMILES string of the molecule is Cc1ccc(-n2c(SCc3nc(C(=O)NC(c4ccccc4)c4ccccc4)cs3)nnc2-c2cccnc2)cc1. The maximum atomic E-state index is 13.3. The molecule has 3 aromatic carbocycles. The third-order valence-electron chi connectivity index (χ3n) is 6.50. The zero-order valence-electron chi connectivity index (χ0n) is 22.2. The third kappa shape index (κ3) is 6.11. The van der Waals surface area contributed by atoms with Crippen molar-refractivity contribution in [2.24, 2.45) is 0 Å². The Labute approximate surface area is 246 Å². The number of nitrogens with one attached hydrogen (secondary N) is 1. The lowest BCUT2D eigenvalue weighted by Crippen LogP contribution is -2.29. The molecule has 0 spiro atoms. The second kappa shape index (κ2) is 12.3. The van der Waals surface area contributed by atoms with Gasteiger partial charge in [-0.15, -0.1) is 21.5 Å². The minimum atomic E-state index is -0.275. The van der Waals surface area contributed by atoms with Crippen LogP contribution in [0.5, 0.6) is 0 Å². The normalized spacial score (nSPS) is 11.1. The van der Waals surface area contributed by atoms with Gasteiger partial charge in [0.25, 0.3) is 5.91 Å². The van der Waals surface area contributed by atoms with Crippen LogP contribution < -0.4 is 5.32 Å². The highest BCUT2D eigenvalue weighted by atomic mass is 32.2. The van der Waals surface area contributed by atoms with E-state index < -0.39 is 0 Å². The minimum absolute atomic E-state index is 0.211. The van der Waals surface area contributed by atoms with Crippen LogP contribution in [0.3, 0.4) is 0 Å². The van der Waals surface area contributed by atoms with Crippen LogP contribution in [0.4, 0.5) is 0 Å². The molecular weight excluding hydrogens is 549 g/mol. The quantitative estimate of drug-likeness (QED) is 0.189. The number of carbonyl (C=O) groups is 1. The molecule has 0 unspecified atom stereocenters. The summed E-state index contributed by atoms with van der Waals surface area (Å²) in [6.07, 6.45) is 3.52. The van der Waals surface area contributed by atoms with E-state index in [4.69, 9.17) is 0 Å². The van der Waals surface area contributed by atoms with Crippen molar-refractivity contribution >= 4 is 29.0 Å². The highest BCUT2D eigenvalue weighted by Gasteiger charge is 2.21. The Balaban J connectivity index is 1.21. The molecule has 41 heavy (non-hydrogen) atoms. The predicted molar refractivity (Wildman–Crippen MR) is 163 cm³/mol. The number of thiazole rings is 1. The van der Waals surface area contributed by atoms with Gasteiger partial charge in [0.15, 0.2) is 11.0 Å². The first-order chi connectivity index (χ1) is 20.2. The van der Waals surface area contributed by atoms with Gasteiger partial charge < -0.3 is 5.32 Å². The van der Waals surface area contributed by atoms with Crippen molar-refractivity contribution in [2.45, 2.75) is 23.9 Å². The van der Waals surface area contributed by atoms with Gasteiger partial charge in [-0.05, 0) is 42.3 Å². The lowest BCUT2D eigenvalue weighted by atomic mass is 9.98.